The van der Waals surface area contributed by atoms with Crippen LogP contribution in [0.25, 0.3) is 10.9 Å². The van der Waals surface area contributed by atoms with Crippen molar-refractivity contribution in [3.8, 4) is 0 Å². The lowest BCUT2D eigenvalue weighted by Crippen LogP contribution is -2.12. The molecule has 20 heavy (non-hydrogen) atoms. The molecule has 0 radical (unpaired) electrons. The van der Waals surface area contributed by atoms with Gasteiger partial charge in [-0.15, -0.1) is 0 Å². The van der Waals surface area contributed by atoms with Gasteiger partial charge in [0.2, 0.25) is 0 Å². The van der Waals surface area contributed by atoms with Crippen LogP contribution in [0.1, 0.15) is 28.6 Å². The van der Waals surface area contributed by atoms with Gasteiger partial charge in [0.1, 0.15) is 0 Å². The van der Waals surface area contributed by atoms with Gasteiger partial charge in [0.05, 0.1) is 11.6 Å². The molecular weight excluding hydrogens is 246 g/mol. The average Bonchev–Trinajstić information content (AvgIpc) is 2.46. The Labute approximate surface area is 118 Å². The molecule has 3 rings (SSSR count). The van der Waals surface area contributed by atoms with E-state index in [1.165, 1.54) is 0 Å². The van der Waals surface area contributed by atoms with Crippen molar-refractivity contribution in [1.82, 2.24) is 9.97 Å². The van der Waals surface area contributed by atoms with Crippen molar-refractivity contribution in [2.24, 2.45) is 5.73 Å². The van der Waals surface area contributed by atoms with Crippen molar-refractivity contribution in [3.63, 3.8) is 0 Å². The molecule has 2 aromatic heterocycles. The molecule has 0 aliphatic carbocycles. The SMILES string of the molecule is Cc1cc(C(N)c2ccc3nc(C)ccc3c2)ccn1. The van der Waals surface area contributed by atoms with Crippen LogP contribution in [0.2, 0.25) is 0 Å². The summed E-state index contributed by atoms with van der Waals surface area (Å²) in [5.74, 6) is 0. The van der Waals surface area contributed by atoms with Gasteiger partial charge in [0, 0.05) is 23.0 Å². The summed E-state index contributed by atoms with van der Waals surface area (Å²) < 4.78 is 0. The average molecular weight is 263 g/mol. The first-order valence-electron chi connectivity index (χ1n) is 6.69. The minimum absolute atomic E-state index is 0.137. The predicted octanol–water partition coefficient (Wildman–Crippen LogP) is 3.29. The van der Waals surface area contributed by atoms with Crippen LogP contribution < -0.4 is 5.73 Å². The second kappa shape index (κ2) is 5.02. The van der Waals surface area contributed by atoms with Gasteiger partial charge in [-0.3, -0.25) is 9.97 Å². The minimum atomic E-state index is -0.137. The van der Waals surface area contributed by atoms with Gasteiger partial charge in [0.15, 0.2) is 0 Å². The van der Waals surface area contributed by atoms with E-state index in [4.69, 9.17) is 5.73 Å². The van der Waals surface area contributed by atoms with Gasteiger partial charge in [0.25, 0.3) is 0 Å². The van der Waals surface area contributed by atoms with Crippen molar-refractivity contribution >= 4 is 10.9 Å². The number of nitrogens with zero attached hydrogens (tertiary/aromatic N) is 2. The number of fused-ring (bicyclic) bond motifs is 1. The molecule has 0 spiro atoms. The van der Waals surface area contributed by atoms with Crippen molar-refractivity contribution < 1.29 is 0 Å². The molecule has 0 fully saturated rings. The zero-order valence-corrected chi connectivity index (χ0v) is 11.7. The number of hydrogen-bond donors (Lipinski definition) is 1. The molecule has 3 nitrogen and oxygen atoms in total. The van der Waals surface area contributed by atoms with Crippen molar-refractivity contribution in [1.29, 1.82) is 0 Å². The lowest BCUT2D eigenvalue weighted by atomic mass is 9.98. The molecular formula is C17H17N3. The molecule has 3 aromatic rings. The number of hydrogen-bond acceptors (Lipinski definition) is 3. The van der Waals surface area contributed by atoms with E-state index in [2.05, 4.69) is 28.2 Å². The lowest BCUT2D eigenvalue weighted by Gasteiger charge is -2.13. The molecule has 0 amide bonds. The van der Waals surface area contributed by atoms with Gasteiger partial charge in [-0.05, 0) is 55.3 Å². The minimum Gasteiger partial charge on any atom is -0.320 e. The van der Waals surface area contributed by atoms with E-state index < -0.39 is 0 Å². The van der Waals surface area contributed by atoms with E-state index in [1.54, 1.807) is 6.20 Å². The topological polar surface area (TPSA) is 51.8 Å². The number of rotatable bonds is 2. The third-order valence-electron chi connectivity index (χ3n) is 3.49. The van der Waals surface area contributed by atoms with E-state index >= 15 is 0 Å². The highest BCUT2D eigenvalue weighted by Gasteiger charge is 2.10. The zero-order chi connectivity index (χ0) is 14.1. The van der Waals surface area contributed by atoms with E-state index in [-0.39, 0.29) is 6.04 Å². The zero-order valence-electron chi connectivity index (χ0n) is 11.7. The fourth-order valence-electron chi connectivity index (χ4n) is 2.39. The summed E-state index contributed by atoms with van der Waals surface area (Å²) in [6.07, 6.45) is 1.80. The number of nitrogens with two attached hydrogens (primary N) is 1. The largest absolute Gasteiger partial charge is 0.320 e. The van der Waals surface area contributed by atoms with Crippen molar-refractivity contribution in [2.45, 2.75) is 19.9 Å². The van der Waals surface area contributed by atoms with Gasteiger partial charge >= 0.3 is 0 Å². The molecule has 1 unspecified atom stereocenters. The van der Waals surface area contributed by atoms with Gasteiger partial charge in [-0.2, -0.15) is 0 Å². The van der Waals surface area contributed by atoms with Crippen molar-refractivity contribution in [3.05, 3.63) is 71.2 Å². The molecule has 2 N–H and O–H groups in total. The lowest BCUT2D eigenvalue weighted by molar-refractivity contribution is 0.866. The Morgan fingerprint density at radius 2 is 1.70 bits per heavy atom. The van der Waals surface area contributed by atoms with Crippen LogP contribution in [-0.2, 0) is 0 Å². The first-order chi connectivity index (χ1) is 9.63. The highest BCUT2D eigenvalue weighted by Crippen LogP contribution is 2.23. The van der Waals surface area contributed by atoms with Crippen LogP contribution in [0.4, 0.5) is 0 Å². The summed E-state index contributed by atoms with van der Waals surface area (Å²) in [4.78, 5) is 8.72. The normalized spacial score (nSPS) is 12.6. The molecule has 0 bridgehead atoms. The Balaban J connectivity index is 2.03. The first-order valence-corrected chi connectivity index (χ1v) is 6.69. The Hall–Kier alpha value is -2.26. The van der Waals surface area contributed by atoms with Crippen LogP contribution in [-0.4, -0.2) is 9.97 Å². The summed E-state index contributed by atoms with van der Waals surface area (Å²) in [5.41, 5.74) is 11.5. The summed E-state index contributed by atoms with van der Waals surface area (Å²) in [7, 11) is 0. The standard InChI is InChI=1S/C17H17N3/c1-11-3-4-13-10-14(5-6-16(13)20-11)17(18)15-7-8-19-12(2)9-15/h3-10,17H,18H2,1-2H3. The maximum atomic E-state index is 6.36. The third kappa shape index (κ3) is 2.40. The number of pyridine rings is 2. The van der Waals surface area contributed by atoms with E-state index in [0.29, 0.717) is 0 Å². The molecule has 0 aliphatic heterocycles. The molecule has 1 atom stereocenters. The molecule has 1 aromatic carbocycles. The Morgan fingerprint density at radius 3 is 2.50 bits per heavy atom. The molecule has 100 valence electrons. The molecule has 0 saturated heterocycles. The maximum Gasteiger partial charge on any atom is 0.0705 e. The van der Waals surface area contributed by atoms with Crippen molar-refractivity contribution in [2.75, 3.05) is 0 Å². The molecule has 2 heterocycles. The Kier molecular flexibility index (Phi) is 3.20. The predicted molar refractivity (Wildman–Crippen MR) is 81.5 cm³/mol. The third-order valence-corrected chi connectivity index (χ3v) is 3.49. The summed E-state index contributed by atoms with van der Waals surface area (Å²) in [6, 6.07) is 14.2. The fourth-order valence-corrected chi connectivity index (χ4v) is 2.39. The quantitative estimate of drug-likeness (QED) is 0.771. The van der Waals surface area contributed by atoms with Gasteiger partial charge in [-0.1, -0.05) is 12.1 Å². The fraction of sp³-hybridized carbons (Fsp3) is 0.176. The molecule has 3 heteroatoms. The number of aromatic nitrogens is 2. The van der Waals surface area contributed by atoms with Crippen LogP contribution in [0.3, 0.4) is 0 Å². The second-order valence-corrected chi connectivity index (χ2v) is 5.11. The number of benzene rings is 1. The second-order valence-electron chi connectivity index (χ2n) is 5.11. The summed E-state index contributed by atoms with van der Waals surface area (Å²) in [6.45, 7) is 3.97. The van der Waals surface area contributed by atoms with E-state index in [0.717, 1.165) is 33.4 Å². The highest BCUT2D eigenvalue weighted by atomic mass is 14.7. The Morgan fingerprint density at radius 1 is 0.900 bits per heavy atom. The maximum absolute atomic E-state index is 6.36. The highest BCUT2D eigenvalue weighted by molar-refractivity contribution is 5.79. The monoisotopic (exact) mass is 263 g/mol. The molecule has 0 saturated carbocycles. The van der Waals surface area contributed by atoms with Crippen LogP contribution in [0.5, 0.6) is 0 Å². The van der Waals surface area contributed by atoms with Gasteiger partial charge in [-0.25, -0.2) is 0 Å². The van der Waals surface area contributed by atoms with Crippen LogP contribution in [0, 0.1) is 13.8 Å². The van der Waals surface area contributed by atoms with Gasteiger partial charge < -0.3 is 5.73 Å². The smallest absolute Gasteiger partial charge is 0.0705 e. The van der Waals surface area contributed by atoms with Crippen LogP contribution in [0.15, 0.2) is 48.7 Å². The first kappa shape index (κ1) is 12.8. The summed E-state index contributed by atoms with van der Waals surface area (Å²) >= 11 is 0. The van der Waals surface area contributed by atoms with E-state index in [9.17, 15) is 0 Å². The number of aryl methyl sites for hydroxylation is 2. The molecule has 0 aliphatic rings. The van der Waals surface area contributed by atoms with E-state index in [1.807, 2.05) is 38.1 Å². The van der Waals surface area contributed by atoms with Crippen LogP contribution >= 0.6 is 0 Å². The Bertz CT molecular complexity index is 765. The summed E-state index contributed by atoms with van der Waals surface area (Å²) in [5, 5.41) is 1.12.